The highest BCUT2D eigenvalue weighted by Gasteiger charge is 2.15. The molecule has 0 bridgehead atoms. The maximum absolute atomic E-state index is 12.4. The molecule has 1 N–H and O–H groups in total. The molecule has 0 aliphatic rings. The van der Waals surface area contributed by atoms with Crippen molar-refractivity contribution in [3.05, 3.63) is 93.8 Å². The number of rotatable bonds is 7. The van der Waals surface area contributed by atoms with E-state index in [0.29, 0.717) is 15.9 Å². The Balaban J connectivity index is 1.42. The van der Waals surface area contributed by atoms with Gasteiger partial charge in [0.05, 0.1) is 29.6 Å². The van der Waals surface area contributed by atoms with Crippen LogP contribution in [0.2, 0.25) is 5.02 Å². The number of nitrogens with one attached hydrogen (secondary N) is 1. The Morgan fingerprint density at radius 1 is 1.09 bits per heavy atom. The number of thiazole rings is 1. The monoisotopic (exact) mass is 477 g/mol. The quantitative estimate of drug-likeness (QED) is 0.143. The molecule has 33 heavy (non-hydrogen) atoms. The second-order valence-corrected chi connectivity index (χ2v) is 8.32. The van der Waals surface area contributed by atoms with E-state index in [4.69, 9.17) is 21.1 Å². The summed E-state index contributed by atoms with van der Waals surface area (Å²) in [6.07, 6.45) is 1.63. The van der Waals surface area contributed by atoms with Crippen LogP contribution in [0.25, 0.3) is 11.3 Å². The molecule has 0 aliphatic heterocycles. The molecule has 0 saturated heterocycles. The first-order valence-corrected chi connectivity index (χ1v) is 11.3. The summed E-state index contributed by atoms with van der Waals surface area (Å²) in [5.74, 6) is 0.126. The lowest BCUT2D eigenvalue weighted by molar-refractivity contribution is 0.0730. The summed E-state index contributed by atoms with van der Waals surface area (Å²) in [6.45, 7) is 2.05. The van der Waals surface area contributed by atoms with Crippen LogP contribution in [0.5, 0.6) is 11.5 Å². The van der Waals surface area contributed by atoms with E-state index in [1.807, 2.05) is 17.5 Å². The van der Waals surface area contributed by atoms with Crippen molar-refractivity contribution in [2.45, 2.75) is 6.92 Å². The van der Waals surface area contributed by atoms with E-state index in [9.17, 15) is 4.79 Å². The predicted octanol–water partition coefficient (Wildman–Crippen LogP) is 6.45. The number of esters is 1. The number of methoxy groups -OCH3 is 1. The van der Waals surface area contributed by atoms with Crippen molar-refractivity contribution in [3.63, 3.8) is 0 Å². The average molecular weight is 478 g/mol. The van der Waals surface area contributed by atoms with Gasteiger partial charge < -0.3 is 9.47 Å². The first-order chi connectivity index (χ1) is 16.0. The Morgan fingerprint density at radius 2 is 1.88 bits per heavy atom. The van der Waals surface area contributed by atoms with Crippen LogP contribution >= 0.6 is 22.9 Å². The normalized spacial score (nSPS) is 10.9. The van der Waals surface area contributed by atoms with Crippen LogP contribution in [0.1, 0.15) is 21.5 Å². The van der Waals surface area contributed by atoms with Crippen LogP contribution in [0.3, 0.4) is 0 Å². The molecule has 4 aromatic rings. The number of hydrazone groups is 1. The van der Waals surface area contributed by atoms with Crippen LogP contribution in [0.15, 0.2) is 77.2 Å². The van der Waals surface area contributed by atoms with E-state index in [1.54, 1.807) is 48.7 Å². The third kappa shape index (κ3) is 5.58. The Hall–Kier alpha value is -3.68. The standard InChI is InChI=1S/C25H20ClN3O3S/c1-16-7-10-18(11-8-16)21-15-33-25(28-21)29-27-14-17-9-12-22(23(13-17)31-2)32-24(30)19-5-3-4-6-20(19)26/h3-15H,1-2H3,(H,28,29)/b27-14-. The Kier molecular flexibility index (Phi) is 7.02. The fourth-order valence-electron chi connectivity index (χ4n) is 2.97. The molecule has 6 nitrogen and oxygen atoms in total. The summed E-state index contributed by atoms with van der Waals surface area (Å²) in [6, 6.07) is 20.0. The minimum atomic E-state index is -0.560. The fraction of sp³-hybridized carbons (Fsp3) is 0.0800. The fourth-order valence-corrected chi connectivity index (χ4v) is 3.86. The number of ether oxygens (including phenoxy) is 2. The number of hydrogen-bond donors (Lipinski definition) is 1. The molecule has 0 atom stereocenters. The highest BCUT2D eigenvalue weighted by molar-refractivity contribution is 7.14. The number of aryl methyl sites for hydroxylation is 1. The molecule has 1 aromatic heterocycles. The van der Waals surface area contributed by atoms with Crippen molar-refractivity contribution < 1.29 is 14.3 Å². The van der Waals surface area contributed by atoms with E-state index in [-0.39, 0.29) is 11.3 Å². The topological polar surface area (TPSA) is 72.8 Å². The molecule has 3 aromatic carbocycles. The van der Waals surface area contributed by atoms with E-state index in [0.717, 1.165) is 16.8 Å². The molecule has 1 heterocycles. The lowest BCUT2D eigenvalue weighted by Crippen LogP contribution is -2.10. The van der Waals surface area contributed by atoms with Gasteiger partial charge in [0.25, 0.3) is 0 Å². The van der Waals surface area contributed by atoms with E-state index in [2.05, 4.69) is 34.6 Å². The highest BCUT2D eigenvalue weighted by atomic mass is 35.5. The van der Waals surface area contributed by atoms with Crippen molar-refractivity contribution in [1.29, 1.82) is 0 Å². The van der Waals surface area contributed by atoms with Gasteiger partial charge in [0.2, 0.25) is 5.13 Å². The summed E-state index contributed by atoms with van der Waals surface area (Å²) in [7, 11) is 1.50. The van der Waals surface area contributed by atoms with Crippen molar-refractivity contribution in [3.8, 4) is 22.8 Å². The van der Waals surface area contributed by atoms with Crippen molar-refractivity contribution in [2.24, 2.45) is 5.10 Å². The van der Waals surface area contributed by atoms with Gasteiger partial charge in [-0.1, -0.05) is 53.6 Å². The third-order valence-electron chi connectivity index (χ3n) is 4.71. The smallest absolute Gasteiger partial charge is 0.345 e. The van der Waals surface area contributed by atoms with Gasteiger partial charge in [-0.3, -0.25) is 5.43 Å². The van der Waals surface area contributed by atoms with Crippen LogP contribution in [0, 0.1) is 6.92 Å². The Bertz CT molecular complexity index is 1300. The van der Waals surface area contributed by atoms with E-state index >= 15 is 0 Å². The third-order valence-corrected chi connectivity index (χ3v) is 5.79. The molecule has 166 valence electrons. The molecule has 4 rings (SSSR count). The van der Waals surface area contributed by atoms with Gasteiger partial charge >= 0.3 is 5.97 Å². The summed E-state index contributed by atoms with van der Waals surface area (Å²) in [4.78, 5) is 17.0. The molecule has 8 heteroatoms. The van der Waals surface area contributed by atoms with Gasteiger partial charge in [-0.2, -0.15) is 5.10 Å². The van der Waals surface area contributed by atoms with Gasteiger partial charge in [0, 0.05) is 10.9 Å². The zero-order chi connectivity index (χ0) is 23.2. The number of halogens is 1. The van der Waals surface area contributed by atoms with Gasteiger partial charge in [-0.25, -0.2) is 9.78 Å². The van der Waals surface area contributed by atoms with Crippen LogP contribution in [0.4, 0.5) is 5.13 Å². The van der Waals surface area contributed by atoms with Gasteiger partial charge in [0.1, 0.15) is 0 Å². The molecule has 0 amide bonds. The van der Waals surface area contributed by atoms with E-state index < -0.39 is 5.97 Å². The van der Waals surface area contributed by atoms with Gasteiger partial charge in [0.15, 0.2) is 11.5 Å². The summed E-state index contributed by atoms with van der Waals surface area (Å²) < 4.78 is 10.8. The molecule has 0 aliphatic carbocycles. The lowest BCUT2D eigenvalue weighted by atomic mass is 10.1. The minimum absolute atomic E-state index is 0.282. The molecule has 0 spiro atoms. The Labute approximate surface area is 200 Å². The summed E-state index contributed by atoms with van der Waals surface area (Å²) >= 11 is 7.54. The summed E-state index contributed by atoms with van der Waals surface area (Å²) in [5, 5.41) is 7.23. The van der Waals surface area contributed by atoms with Crippen molar-refractivity contribution in [1.82, 2.24) is 4.98 Å². The maximum Gasteiger partial charge on any atom is 0.345 e. The number of benzene rings is 3. The van der Waals surface area contributed by atoms with Crippen LogP contribution in [-0.4, -0.2) is 24.3 Å². The lowest BCUT2D eigenvalue weighted by Gasteiger charge is -2.10. The van der Waals surface area contributed by atoms with Crippen LogP contribution in [-0.2, 0) is 0 Å². The summed E-state index contributed by atoms with van der Waals surface area (Å²) in [5.41, 5.74) is 7.14. The maximum atomic E-state index is 12.4. The molecule has 0 fully saturated rings. The molecule has 0 saturated carbocycles. The number of carbonyl (C=O) groups is 1. The zero-order valence-corrected chi connectivity index (χ0v) is 19.5. The average Bonchev–Trinajstić information content (AvgIpc) is 3.29. The van der Waals surface area contributed by atoms with Crippen LogP contribution < -0.4 is 14.9 Å². The zero-order valence-electron chi connectivity index (χ0n) is 17.9. The number of nitrogens with zero attached hydrogens (tertiary/aromatic N) is 2. The van der Waals surface area contributed by atoms with Crippen molar-refractivity contribution >= 4 is 40.3 Å². The first kappa shape index (κ1) is 22.5. The number of aromatic nitrogens is 1. The largest absolute Gasteiger partial charge is 0.493 e. The predicted molar refractivity (Wildman–Crippen MR) is 133 cm³/mol. The molecule has 0 radical (unpaired) electrons. The number of anilines is 1. The number of carbonyl (C=O) groups excluding carboxylic acids is 1. The second-order valence-electron chi connectivity index (χ2n) is 7.05. The van der Waals surface area contributed by atoms with Gasteiger partial charge in [-0.05, 0) is 42.8 Å². The van der Waals surface area contributed by atoms with E-state index in [1.165, 1.54) is 24.0 Å². The number of hydrogen-bond acceptors (Lipinski definition) is 7. The molecular formula is C25H20ClN3O3S. The minimum Gasteiger partial charge on any atom is -0.493 e. The second kappa shape index (κ2) is 10.3. The van der Waals surface area contributed by atoms with Gasteiger partial charge in [-0.15, -0.1) is 11.3 Å². The van der Waals surface area contributed by atoms with Crippen molar-refractivity contribution in [2.75, 3.05) is 12.5 Å². The first-order valence-electron chi connectivity index (χ1n) is 10.00. The SMILES string of the molecule is COc1cc(/C=N\Nc2nc(-c3ccc(C)cc3)cs2)ccc1OC(=O)c1ccccc1Cl. The molecular weight excluding hydrogens is 458 g/mol. The molecule has 0 unspecified atom stereocenters. The highest BCUT2D eigenvalue weighted by Crippen LogP contribution is 2.29. The Morgan fingerprint density at radius 3 is 2.64 bits per heavy atom.